The molecule has 0 aliphatic rings. The van der Waals surface area contributed by atoms with Gasteiger partial charge < -0.3 is 10.2 Å². The van der Waals surface area contributed by atoms with Crippen molar-refractivity contribution >= 4 is 28.2 Å². The molecular weight excluding hydrogens is 264 g/mol. The van der Waals surface area contributed by atoms with Gasteiger partial charge in [-0.2, -0.15) is 5.10 Å². The molecule has 0 unspecified atom stereocenters. The van der Waals surface area contributed by atoms with E-state index in [0.717, 1.165) is 28.2 Å². The van der Waals surface area contributed by atoms with Crippen molar-refractivity contribution in [2.75, 3.05) is 17.3 Å². The van der Waals surface area contributed by atoms with Gasteiger partial charge in [0.2, 0.25) is 0 Å². The van der Waals surface area contributed by atoms with Crippen LogP contribution >= 0.6 is 0 Å². The number of rotatable bonds is 4. The molecule has 6 nitrogen and oxygen atoms in total. The average molecular weight is 282 g/mol. The Balaban J connectivity index is 1.91. The Morgan fingerprint density at radius 1 is 1.24 bits per heavy atom. The minimum atomic E-state index is 0.444. The van der Waals surface area contributed by atoms with Gasteiger partial charge in [0.1, 0.15) is 12.1 Å². The largest absolute Gasteiger partial charge is 0.372 e. The summed E-state index contributed by atoms with van der Waals surface area (Å²) >= 11 is 0. The van der Waals surface area contributed by atoms with E-state index in [2.05, 4.69) is 63.4 Å². The van der Waals surface area contributed by atoms with Crippen LogP contribution in [0.1, 0.15) is 13.8 Å². The van der Waals surface area contributed by atoms with Gasteiger partial charge >= 0.3 is 0 Å². The smallest absolute Gasteiger partial charge is 0.160 e. The van der Waals surface area contributed by atoms with Crippen LogP contribution in [0, 0.1) is 0 Å². The lowest BCUT2D eigenvalue weighted by Gasteiger charge is -2.24. The molecule has 21 heavy (non-hydrogen) atoms. The fourth-order valence-corrected chi connectivity index (χ4v) is 2.10. The summed E-state index contributed by atoms with van der Waals surface area (Å²) in [7, 11) is 2.09. The Labute approximate surface area is 123 Å². The highest BCUT2D eigenvalue weighted by atomic mass is 15.2. The van der Waals surface area contributed by atoms with Crippen molar-refractivity contribution in [2.45, 2.75) is 19.9 Å². The minimum absolute atomic E-state index is 0.444. The molecule has 0 aliphatic heterocycles. The van der Waals surface area contributed by atoms with Crippen molar-refractivity contribution in [3.8, 4) is 0 Å². The van der Waals surface area contributed by atoms with Gasteiger partial charge in [-0.3, -0.25) is 5.10 Å². The van der Waals surface area contributed by atoms with Gasteiger partial charge in [-0.1, -0.05) is 6.07 Å². The van der Waals surface area contributed by atoms with Gasteiger partial charge in [-0.25, -0.2) is 9.97 Å². The number of nitrogens with zero attached hydrogens (tertiary/aromatic N) is 4. The zero-order valence-electron chi connectivity index (χ0n) is 12.3. The Morgan fingerprint density at radius 3 is 2.90 bits per heavy atom. The highest BCUT2D eigenvalue weighted by Gasteiger charge is 2.08. The van der Waals surface area contributed by atoms with Crippen LogP contribution in [0.3, 0.4) is 0 Å². The molecule has 0 atom stereocenters. The molecule has 108 valence electrons. The van der Waals surface area contributed by atoms with Crippen LogP contribution in [0.5, 0.6) is 0 Å². The minimum Gasteiger partial charge on any atom is -0.372 e. The molecule has 2 N–H and O–H groups in total. The lowest BCUT2D eigenvalue weighted by Crippen LogP contribution is -2.25. The van der Waals surface area contributed by atoms with Crippen LogP contribution in [0.25, 0.3) is 11.0 Å². The third-order valence-corrected chi connectivity index (χ3v) is 3.54. The highest BCUT2D eigenvalue weighted by Crippen LogP contribution is 2.25. The predicted octanol–water partition coefficient (Wildman–Crippen LogP) is 2.94. The third kappa shape index (κ3) is 2.65. The summed E-state index contributed by atoms with van der Waals surface area (Å²) in [6, 6.07) is 8.70. The predicted molar refractivity (Wildman–Crippen MR) is 84.9 cm³/mol. The number of H-pyrrole nitrogens is 1. The van der Waals surface area contributed by atoms with Crippen molar-refractivity contribution in [2.24, 2.45) is 0 Å². The topological polar surface area (TPSA) is 69.7 Å². The number of fused-ring (bicyclic) bond motifs is 1. The number of hydrogen-bond donors (Lipinski definition) is 2. The van der Waals surface area contributed by atoms with Crippen molar-refractivity contribution < 1.29 is 0 Å². The second kappa shape index (κ2) is 5.40. The fraction of sp³-hybridized carbons (Fsp3) is 0.267. The van der Waals surface area contributed by atoms with Crippen molar-refractivity contribution in [1.82, 2.24) is 20.2 Å². The lowest BCUT2D eigenvalue weighted by molar-refractivity contribution is 0.755. The normalized spacial score (nSPS) is 11.0. The summed E-state index contributed by atoms with van der Waals surface area (Å²) in [6.45, 7) is 4.33. The van der Waals surface area contributed by atoms with E-state index in [1.54, 1.807) is 6.20 Å². The van der Waals surface area contributed by atoms with Gasteiger partial charge in [0.25, 0.3) is 0 Å². The number of hydrogen-bond acceptors (Lipinski definition) is 5. The van der Waals surface area contributed by atoms with Gasteiger partial charge in [0.05, 0.1) is 11.6 Å². The van der Waals surface area contributed by atoms with Crippen LogP contribution < -0.4 is 10.2 Å². The molecular formula is C15H18N6. The molecule has 0 radical (unpaired) electrons. The summed E-state index contributed by atoms with van der Waals surface area (Å²) in [4.78, 5) is 10.6. The van der Waals surface area contributed by atoms with Crippen molar-refractivity contribution in [3.63, 3.8) is 0 Å². The number of aromatic amines is 1. The average Bonchev–Trinajstić information content (AvgIpc) is 2.96. The van der Waals surface area contributed by atoms with Gasteiger partial charge in [-0.05, 0) is 32.0 Å². The first kappa shape index (κ1) is 13.4. The molecule has 0 aliphatic carbocycles. The molecule has 1 aromatic carbocycles. The molecule has 3 rings (SSSR count). The number of anilines is 3. The zero-order chi connectivity index (χ0) is 14.8. The molecule has 0 saturated carbocycles. The molecule has 0 fully saturated rings. The summed E-state index contributed by atoms with van der Waals surface area (Å²) in [5.41, 5.74) is 2.87. The zero-order valence-corrected chi connectivity index (χ0v) is 12.3. The highest BCUT2D eigenvalue weighted by molar-refractivity contribution is 5.87. The molecule has 0 bridgehead atoms. The molecule has 0 spiro atoms. The Morgan fingerprint density at radius 2 is 2.10 bits per heavy atom. The van der Waals surface area contributed by atoms with E-state index in [9.17, 15) is 0 Å². The van der Waals surface area contributed by atoms with Crippen LogP contribution in [-0.2, 0) is 0 Å². The summed E-state index contributed by atoms with van der Waals surface area (Å²) in [6.07, 6.45) is 3.24. The van der Waals surface area contributed by atoms with Crippen molar-refractivity contribution in [3.05, 3.63) is 36.8 Å². The number of aromatic nitrogens is 4. The Kier molecular flexibility index (Phi) is 3.43. The number of benzene rings is 1. The monoisotopic (exact) mass is 282 g/mol. The van der Waals surface area contributed by atoms with Crippen LogP contribution in [0.15, 0.2) is 36.8 Å². The summed E-state index contributed by atoms with van der Waals surface area (Å²) in [5.74, 6) is 0.748. The van der Waals surface area contributed by atoms with Gasteiger partial charge in [0, 0.05) is 24.5 Å². The Bertz CT molecular complexity index is 749. The number of nitrogens with one attached hydrogen (secondary N) is 2. The first-order valence-corrected chi connectivity index (χ1v) is 6.89. The third-order valence-electron chi connectivity index (χ3n) is 3.54. The van der Waals surface area contributed by atoms with Crippen LogP contribution in [0.2, 0.25) is 0 Å². The SMILES string of the molecule is CC(C)N(C)c1cccc(Nc2ncnc3[nH]ncc23)c1. The van der Waals surface area contributed by atoms with Crippen LogP contribution in [-0.4, -0.2) is 33.3 Å². The maximum absolute atomic E-state index is 4.29. The van der Waals surface area contributed by atoms with E-state index in [0.29, 0.717) is 6.04 Å². The van der Waals surface area contributed by atoms with E-state index < -0.39 is 0 Å². The maximum atomic E-state index is 4.29. The van der Waals surface area contributed by atoms with E-state index in [1.165, 1.54) is 6.33 Å². The first-order chi connectivity index (χ1) is 10.1. The van der Waals surface area contributed by atoms with Crippen LogP contribution in [0.4, 0.5) is 17.2 Å². The molecule has 6 heteroatoms. The van der Waals surface area contributed by atoms with E-state index in [-0.39, 0.29) is 0 Å². The molecule has 3 aromatic rings. The second-order valence-electron chi connectivity index (χ2n) is 5.23. The molecule has 0 amide bonds. The fourth-order valence-electron chi connectivity index (χ4n) is 2.10. The maximum Gasteiger partial charge on any atom is 0.160 e. The lowest BCUT2D eigenvalue weighted by atomic mass is 10.2. The first-order valence-electron chi connectivity index (χ1n) is 6.89. The summed E-state index contributed by atoms with van der Waals surface area (Å²) in [5, 5.41) is 11.0. The molecule has 2 heterocycles. The molecule has 2 aromatic heterocycles. The van der Waals surface area contributed by atoms with Crippen molar-refractivity contribution in [1.29, 1.82) is 0 Å². The van der Waals surface area contributed by atoms with E-state index >= 15 is 0 Å². The second-order valence-corrected chi connectivity index (χ2v) is 5.23. The van der Waals surface area contributed by atoms with Gasteiger partial charge in [-0.15, -0.1) is 0 Å². The quantitative estimate of drug-likeness (QED) is 0.770. The van der Waals surface area contributed by atoms with E-state index in [4.69, 9.17) is 0 Å². The standard InChI is InChI=1S/C15H18N6/c1-10(2)21(3)12-6-4-5-11(7-12)19-14-13-8-18-20-15(13)17-9-16-14/h4-10H,1-3H3,(H2,16,17,18,19,20). The van der Waals surface area contributed by atoms with E-state index in [1.807, 2.05) is 12.1 Å². The summed E-state index contributed by atoms with van der Waals surface area (Å²) < 4.78 is 0. The van der Waals surface area contributed by atoms with Gasteiger partial charge in [0.15, 0.2) is 5.65 Å². The Hall–Kier alpha value is -2.63. The molecule has 0 saturated heterocycles.